The van der Waals surface area contributed by atoms with Gasteiger partial charge in [0.15, 0.2) is 0 Å². The van der Waals surface area contributed by atoms with E-state index in [2.05, 4.69) is 35.3 Å². The van der Waals surface area contributed by atoms with Crippen molar-refractivity contribution in [1.82, 2.24) is 4.90 Å². The van der Waals surface area contributed by atoms with E-state index in [4.69, 9.17) is 0 Å². The van der Waals surface area contributed by atoms with Crippen molar-refractivity contribution in [3.05, 3.63) is 29.3 Å². The Balaban J connectivity index is 1.62. The van der Waals surface area contributed by atoms with Gasteiger partial charge in [-0.1, -0.05) is 25.5 Å². The summed E-state index contributed by atoms with van der Waals surface area (Å²) in [4.78, 5) is 2.66. The summed E-state index contributed by atoms with van der Waals surface area (Å²) >= 11 is 0. The number of fused-ring (bicyclic) bond motifs is 1. The minimum absolute atomic E-state index is 0.965. The van der Waals surface area contributed by atoms with Gasteiger partial charge in [0.1, 0.15) is 0 Å². The van der Waals surface area contributed by atoms with Crippen molar-refractivity contribution >= 4 is 5.69 Å². The molecule has 0 bridgehead atoms. The molecule has 2 aliphatic heterocycles. The van der Waals surface area contributed by atoms with E-state index in [9.17, 15) is 0 Å². The predicted octanol–water partition coefficient (Wildman–Crippen LogP) is 4.06. The Bertz CT molecular complexity index is 441. The van der Waals surface area contributed by atoms with Crippen molar-refractivity contribution in [3.8, 4) is 0 Å². The Morgan fingerprint density at radius 3 is 3.05 bits per heavy atom. The van der Waals surface area contributed by atoms with E-state index in [1.165, 1.54) is 68.4 Å². The lowest BCUT2D eigenvalue weighted by molar-refractivity contribution is 0.272. The van der Waals surface area contributed by atoms with Crippen molar-refractivity contribution in [2.45, 2.75) is 52.0 Å². The predicted molar refractivity (Wildman–Crippen MR) is 86.2 cm³/mol. The maximum Gasteiger partial charge on any atom is 0.0372 e. The molecule has 1 fully saturated rings. The highest BCUT2D eigenvalue weighted by molar-refractivity contribution is 5.54. The first-order valence-electron chi connectivity index (χ1n) is 8.43. The van der Waals surface area contributed by atoms with Crippen LogP contribution in [0.1, 0.15) is 50.2 Å². The largest absolute Gasteiger partial charge is 0.385 e. The van der Waals surface area contributed by atoms with Gasteiger partial charge >= 0.3 is 0 Å². The zero-order valence-electron chi connectivity index (χ0n) is 12.8. The van der Waals surface area contributed by atoms with E-state index >= 15 is 0 Å². The summed E-state index contributed by atoms with van der Waals surface area (Å²) in [6.07, 6.45) is 8.08. The standard InChI is InChI=1S/C18H28N2/c1-2-15-5-4-11-20(12-9-15)14-16-7-8-18-17(13-16)6-3-10-19-18/h7-8,13,15,19H,2-6,9-12,14H2,1H3. The summed E-state index contributed by atoms with van der Waals surface area (Å²) in [5.41, 5.74) is 4.39. The molecule has 0 saturated carbocycles. The molecule has 2 aliphatic rings. The van der Waals surface area contributed by atoms with Gasteiger partial charge in [0.25, 0.3) is 0 Å². The molecule has 0 aliphatic carbocycles. The smallest absolute Gasteiger partial charge is 0.0372 e. The summed E-state index contributed by atoms with van der Waals surface area (Å²) in [6, 6.07) is 7.04. The summed E-state index contributed by atoms with van der Waals surface area (Å²) in [5, 5.41) is 3.50. The third-order valence-electron chi connectivity index (χ3n) is 5.03. The van der Waals surface area contributed by atoms with Gasteiger partial charge in [0.05, 0.1) is 0 Å². The monoisotopic (exact) mass is 272 g/mol. The van der Waals surface area contributed by atoms with Crippen molar-refractivity contribution in [1.29, 1.82) is 0 Å². The highest BCUT2D eigenvalue weighted by atomic mass is 15.1. The lowest BCUT2D eigenvalue weighted by Crippen LogP contribution is -2.24. The van der Waals surface area contributed by atoms with Crippen LogP contribution in [0.2, 0.25) is 0 Å². The molecule has 0 radical (unpaired) electrons. The average Bonchev–Trinajstić information content (AvgIpc) is 2.72. The van der Waals surface area contributed by atoms with Crippen LogP contribution in [0.3, 0.4) is 0 Å². The lowest BCUT2D eigenvalue weighted by atomic mass is 9.98. The molecule has 1 saturated heterocycles. The second kappa shape index (κ2) is 6.62. The molecule has 1 N–H and O–H groups in total. The molecule has 1 atom stereocenters. The lowest BCUT2D eigenvalue weighted by Gasteiger charge is -2.23. The number of aryl methyl sites for hydroxylation is 1. The topological polar surface area (TPSA) is 15.3 Å². The third-order valence-corrected chi connectivity index (χ3v) is 5.03. The van der Waals surface area contributed by atoms with Crippen LogP contribution in [0.25, 0.3) is 0 Å². The van der Waals surface area contributed by atoms with Crippen molar-refractivity contribution in [2.75, 3.05) is 25.0 Å². The number of rotatable bonds is 3. The molecule has 20 heavy (non-hydrogen) atoms. The van der Waals surface area contributed by atoms with Gasteiger partial charge in [0.2, 0.25) is 0 Å². The van der Waals surface area contributed by atoms with E-state index in [-0.39, 0.29) is 0 Å². The SMILES string of the molecule is CCC1CCCN(Cc2ccc3c(c2)CCCN3)CC1. The zero-order chi connectivity index (χ0) is 13.8. The quantitative estimate of drug-likeness (QED) is 0.892. The van der Waals surface area contributed by atoms with Gasteiger partial charge in [-0.15, -0.1) is 0 Å². The Labute approximate surface area is 123 Å². The average molecular weight is 272 g/mol. The molecule has 2 heterocycles. The van der Waals surface area contributed by atoms with Crippen LogP contribution in [0, 0.1) is 5.92 Å². The number of hydrogen-bond acceptors (Lipinski definition) is 2. The third kappa shape index (κ3) is 3.35. The number of anilines is 1. The van der Waals surface area contributed by atoms with Gasteiger partial charge in [-0.25, -0.2) is 0 Å². The Morgan fingerprint density at radius 1 is 1.20 bits per heavy atom. The normalized spacial score (nSPS) is 23.8. The van der Waals surface area contributed by atoms with Crippen LogP contribution in [0.4, 0.5) is 5.69 Å². The molecule has 1 aromatic rings. The molecule has 110 valence electrons. The number of likely N-dealkylation sites (tertiary alicyclic amines) is 1. The molecular formula is C18H28N2. The highest BCUT2D eigenvalue weighted by Gasteiger charge is 2.16. The van der Waals surface area contributed by atoms with Gasteiger partial charge in [-0.05, 0) is 68.3 Å². The van der Waals surface area contributed by atoms with Crippen molar-refractivity contribution in [2.24, 2.45) is 5.92 Å². The van der Waals surface area contributed by atoms with E-state index in [1.54, 1.807) is 0 Å². The van der Waals surface area contributed by atoms with Crippen molar-refractivity contribution in [3.63, 3.8) is 0 Å². The second-order valence-corrected chi connectivity index (χ2v) is 6.50. The molecule has 1 aromatic carbocycles. The first-order chi connectivity index (χ1) is 9.85. The van der Waals surface area contributed by atoms with E-state index < -0.39 is 0 Å². The van der Waals surface area contributed by atoms with Crippen LogP contribution in [0.15, 0.2) is 18.2 Å². The maximum atomic E-state index is 3.50. The highest BCUT2D eigenvalue weighted by Crippen LogP contribution is 2.25. The van der Waals surface area contributed by atoms with E-state index in [0.29, 0.717) is 0 Å². The Morgan fingerprint density at radius 2 is 2.15 bits per heavy atom. The molecule has 2 nitrogen and oxygen atoms in total. The molecule has 0 spiro atoms. The van der Waals surface area contributed by atoms with Gasteiger partial charge in [-0.3, -0.25) is 4.90 Å². The van der Waals surface area contributed by atoms with Gasteiger partial charge < -0.3 is 5.32 Å². The van der Waals surface area contributed by atoms with Gasteiger partial charge in [0, 0.05) is 18.8 Å². The first kappa shape index (κ1) is 13.9. The number of hydrogen-bond donors (Lipinski definition) is 1. The van der Waals surface area contributed by atoms with Crippen molar-refractivity contribution < 1.29 is 0 Å². The zero-order valence-corrected chi connectivity index (χ0v) is 12.8. The molecule has 0 aromatic heterocycles. The van der Waals surface area contributed by atoms with Crippen LogP contribution in [-0.4, -0.2) is 24.5 Å². The van der Waals surface area contributed by atoms with Crippen LogP contribution < -0.4 is 5.32 Å². The summed E-state index contributed by atoms with van der Waals surface area (Å²) in [7, 11) is 0. The maximum absolute atomic E-state index is 3.50. The van der Waals surface area contributed by atoms with Crippen LogP contribution in [0.5, 0.6) is 0 Å². The molecule has 0 amide bonds. The number of nitrogens with one attached hydrogen (secondary N) is 1. The van der Waals surface area contributed by atoms with E-state index in [0.717, 1.165) is 19.0 Å². The summed E-state index contributed by atoms with van der Waals surface area (Å²) in [6.45, 7) is 7.19. The fourth-order valence-corrected chi connectivity index (χ4v) is 3.68. The van der Waals surface area contributed by atoms with Crippen LogP contribution >= 0.6 is 0 Å². The number of benzene rings is 1. The second-order valence-electron chi connectivity index (χ2n) is 6.50. The van der Waals surface area contributed by atoms with Crippen LogP contribution in [-0.2, 0) is 13.0 Å². The Hall–Kier alpha value is -1.02. The van der Waals surface area contributed by atoms with E-state index in [1.807, 2.05) is 0 Å². The molecular weight excluding hydrogens is 244 g/mol. The summed E-state index contributed by atoms with van der Waals surface area (Å²) in [5.74, 6) is 0.965. The molecule has 2 heteroatoms. The molecule has 1 unspecified atom stereocenters. The first-order valence-corrected chi connectivity index (χ1v) is 8.43. The minimum atomic E-state index is 0.965. The number of nitrogens with zero attached hydrogens (tertiary/aromatic N) is 1. The van der Waals surface area contributed by atoms with Gasteiger partial charge in [-0.2, -0.15) is 0 Å². The fourth-order valence-electron chi connectivity index (χ4n) is 3.68. The molecule has 3 rings (SSSR count). The fraction of sp³-hybridized carbons (Fsp3) is 0.667. The summed E-state index contributed by atoms with van der Waals surface area (Å²) < 4.78 is 0. The minimum Gasteiger partial charge on any atom is -0.385 e. The Kier molecular flexibility index (Phi) is 4.62.